The summed E-state index contributed by atoms with van der Waals surface area (Å²) >= 11 is 3.16. The molecule has 0 aromatic carbocycles. The van der Waals surface area contributed by atoms with Gasteiger partial charge in [-0.15, -0.1) is 0 Å². The van der Waals surface area contributed by atoms with E-state index >= 15 is 0 Å². The Labute approximate surface area is 127 Å². The molecule has 1 heterocycles. The Morgan fingerprint density at radius 1 is 1.50 bits per heavy atom. The molecule has 0 aliphatic heterocycles. The van der Waals surface area contributed by atoms with E-state index in [-0.39, 0.29) is 9.56 Å². The van der Waals surface area contributed by atoms with Crippen LogP contribution in [0, 0.1) is 0 Å². The van der Waals surface area contributed by atoms with Gasteiger partial charge >= 0.3 is 0 Å². The summed E-state index contributed by atoms with van der Waals surface area (Å²) in [6.07, 6.45) is 2.98. The van der Waals surface area contributed by atoms with Crippen molar-refractivity contribution >= 4 is 26.0 Å². The number of rotatable bonds is 9. The molecule has 0 spiro atoms. The molecule has 1 aromatic rings. The third kappa shape index (κ3) is 4.56. The highest BCUT2D eigenvalue weighted by Gasteiger charge is 2.24. The first-order chi connectivity index (χ1) is 9.53. The number of halogens is 1. The minimum atomic E-state index is -3.55. The van der Waals surface area contributed by atoms with Gasteiger partial charge in [-0.25, -0.2) is 13.1 Å². The molecule has 2 rings (SSSR count). The lowest BCUT2D eigenvalue weighted by atomic mass is 10.4. The Hall–Kier alpha value is -0.410. The normalized spacial score (nSPS) is 15.7. The summed E-state index contributed by atoms with van der Waals surface area (Å²) < 4.78 is 37.3. The van der Waals surface area contributed by atoms with Crippen LogP contribution < -0.4 is 10.0 Å². The van der Waals surface area contributed by atoms with Gasteiger partial charge in [0.2, 0.25) is 10.0 Å². The molecule has 20 heavy (non-hydrogen) atoms. The number of methoxy groups -OCH3 is 1. The van der Waals surface area contributed by atoms with Crippen LogP contribution in [0.1, 0.15) is 25.0 Å². The number of furan rings is 1. The molecule has 1 aromatic heterocycles. The van der Waals surface area contributed by atoms with Gasteiger partial charge in [-0.05, 0) is 35.2 Å². The van der Waals surface area contributed by atoms with E-state index in [1.807, 2.05) is 0 Å². The average molecular weight is 367 g/mol. The fourth-order valence-corrected chi connectivity index (χ4v) is 3.77. The molecular weight excluding hydrogens is 348 g/mol. The summed E-state index contributed by atoms with van der Waals surface area (Å²) in [6.45, 7) is 1.40. The molecule has 0 atom stereocenters. The van der Waals surface area contributed by atoms with Gasteiger partial charge in [0.15, 0.2) is 4.67 Å². The SMILES string of the molecule is COCCCNS(=O)(=O)c1cc(CNC2CC2)oc1Br. The fraction of sp³-hybridized carbons (Fsp3) is 0.667. The van der Waals surface area contributed by atoms with Crippen LogP contribution in [0.25, 0.3) is 0 Å². The van der Waals surface area contributed by atoms with Crippen molar-refractivity contribution in [2.45, 2.75) is 36.7 Å². The Morgan fingerprint density at radius 2 is 2.25 bits per heavy atom. The molecule has 1 saturated carbocycles. The molecule has 8 heteroatoms. The van der Waals surface area contributed by atoms with Gasteiger partial charge in [0.05, 0.1) is 6.54 Å². The molecule has 2 N–H and O–H groups in total. The second-order valence-electron chi connectivity index (χ2n) is 4.75. The summed E-state index contributed by atoms with van der Waals surface area (Å²) in [6, 6.07) is 2.10. The number of hydrogen-bond donors (Lipinski definition) is 2. The zero-order chi connectivity index (χ0) is 14.6. The van der Waals surface area contributed by atoms with Crippen molar-refractivity contribution in [1.82, 2.24) is 10.0 Å². The van der Waals surface area contributed by atoms with E-state index in [0.717, 1.165) is 0 Å². The Kier molecular flexibility index (Phi) is 5.62. The summed E-state index contributed by atoms with van der Waals surface area (Å²) in [5.41, 5.74) is 0. The largest absolute Gasteiger partial charge is 0.452 e. The van der Waals surface area contributed by atoms with Gasteiger partial charge in [-0.3, -0.25) is 0 Å². The van der Waals surface area contributed by atoms with Gasteiger partial charge < -0.3 is 14.5 Å². The third-order valence-corrected chi connectivity index (χ3v) is 5.27. The van der Waals surface area contributed by atoms with Crippen molar-refractivity contribution in [2.75, 3.05) is 20.3 Å². The van der Waals surface area contributed by atoms with Crippen LogP contribution in [0.15, 0.2) is 20.0 Å². The quantitative estimate of drug-likeness (QED) is 0.649. The second kappa shape index (κ2) is 7.04. The smallest absolute Gasteiger partial charge is 0.244 e. The standard InChI is InChI=1S/C12H19BrN2O4S/c1-18-6-2-5-15-20(16,17)11-7-10(19-12(11)13)8-14-9-3-4-9/h7,9,14-15H,2-6,8H2,1H3. The van der Waals surface area contributed by atoms with Crippen LogP contribution in [0.3, 0.4) is 0 Å². The molecule has 0 radical (unpaired) electrons. The molecule has 1 fully saturated rings. The Bertz CT molecular complexity index is 540. The second-order valence-corrected chi connectivity index (χ2v) is 7.21. The van der Waals surface area contributed by atoms with Crippen LogP contribution in [0.4, 0.5) is 0 Å². The minimum Gasteiger partial charge on any atom is -0.452 e. The Morgan fingerprint density at radius 3 is 2.90 bits per heavy atom. The zero-order valence-electron chi connectivity index (χ0n) is 11.3. The maximum absolute atomic E-state index is 12.1. The van der Waals surface area contributed by atoms with E-state index < -0.39 is 10.0 Å². The van der Waals surface area contributed by atoms with E-state index in [1.54, 1.807) is 13.2 Å². The predicted molar refractivity (Wildman–Crippen MR) is 78.0 cm³/mol. The highest BCUT2D eigenvalue weighted by molar-refractivity contribution is 9.10. The first-order valence-corrected chi connectivity index (χ1v) is 8.81. The highest BCUT2D eigenvalue weighted by Crippen LogP contribution is 2.27. The fourth-order valence-electron chi connectivity index (χ4n) is 1.70. The summed E-state index contributed by atoms with van der Waals surface area (Å²) in [7, 11) is -1.96. The van der Waals surface area contributed by atoms with E-state index in [2.05, 4.69) is 26.0 Å². The van der Waals surface area contributed by atoms with E-state index in [4.69, 9.17) is 9.15 Å². The first-order valence-electron chi connectivity index (χ1n) is 6.53. The molecule has 1 aliphatic rings. The highest BCUT2D eigenvalue weighted by atomic mass is 79.9. The monoisotopic (exact) mass is 366 g/mol. The van der Waals surface area contributed by atoms with Crippen molar-refractivity contribution in [2.24, 2.45) is 0 Å². The van der Waals surface area contributed by atoms with Gasteiger partial charge in [0, 0.05) is 32.4 Å². The van der Waals surface area contributed by atoms with E-state index in [0.29, 0.717) is 37.9 Å². The van der Waals surface area contributed by atoms with Gasteiger partial charge in [0.25, 0.3) is 0 Å². The van der Waals surface area contributed by atoms with Crippen LogP contribution >= 0.6 is 15.9 Å². The van der Waals surface area contributed by atoms with Crippen molar-refractivity contribution < 1.29 is 17.6 Å². The lowest BCUT2D eigenvalue weighted by Gasteiger charge is -2.04. The van der Waals surface area contributed by atoms with Crippen molar-refractivity contribution in [3.8, 4) is 0 Å². The molecule has 1 aliphatic carbocycles. The minimum absolute atomic E-state index is 0.141. The molecule has 0 bridgehead atoms. The number of sulfonamides is 1. The number of hydrogen-bond acceptors (Lipinski definition) is 5. The molecule has 0 saturated heterocycles. The molecular formula is C12H19BrN2O4S. The molecule has 114 valence electrons. The summed E-state index contributed by atoms with van der Waals surface area (Å²) in [5, 5.41) is 3.28. The lowest BCUT2D eigenvalue weighted by Crippen LogP contribution is -2.25. The van der Waals surface area contributed by atoms with E-state index in [9.17, 15) is 8.42 Å². The maximum atomic E-state index is 12.1. The number of nitrogens with one attached hydrogen (secondary N) is 2. The molecule has 6 nitrogen and oxygen atoms in total. The van der Waals surface area contributed by atoms with Crippen LogP contribution in [0.5, 0.6) is 0 Å². The molecule has 0 unspecified atom stereocenters. The average Bonchev–Trinajstić information content (AvgIpc) is 3.15. The third-order valence-electron chi connectivity index (χ3n) is 2.96. The van der Waals surface area contributed by atoms with Gasteiger partial charge in [-0.1, -0.05) is 0 Å². The predicted octanol–water partition coefficient (Wildman–Crippen LogP) is 1.61. The van der Waals surface area contributed by atoms with E-state index in [1.165, 1.54) is 12.8 Å². The van der Waals surface area contributed by atoms with Crippen molar-refractivity contribution in [1.29, 1.82) is 0 Å². The van der Waals surface area contributed by atoms with Crippen LogP contribution in [-0.2, 0) is 21.3 Å². The zero-order valence-corrected chi connectivity index (χ0v) is 13.7. The summed E-state index contributed by atoms with van der Waals surface area (Å²) in [4.78, 5) is 0.141. The summed E-state index contributed by atoms with van der Waals surface area (Å²) in [5.74, 6) is 0.612. The van der Waals surface area contributed by atoms with Crippen molar-refractivity contribution in [3.05, 3.63) is 16.5 Å². The van der Waals surface area contributed by atoms with Gasteiger partial charge in [-0.2, -0.15) is 0 Å². The Balaban J connectivity index is 1.94. The lowest BCUT2D eigenvalue weighted by molar-refractivity contribution is 0.196. The molecule has 0 amide bonds. The van der Waals surface area contributed by atoms with Gasteiger partial charge in [0.1, 0.15) is 10.7 Å². The van der Waals surface area contributed by atoms with Crippen LogP contribution in [-0.4, -0.2) is 34.7 Å². The maximum Gasteiger partial charge on any atom is 0.244 e. The van der Waals surface area contributed by atoms with Crippen molar-refractivity contribution in [3.63, 3.8) is 0 Å². The first kappa shape index (κ1) is 16.0. The number of ether oxygens (including phenoxy) is 1. The van der Waals surface area contributed by atoms with Crippen LogP contribution in [0.2, 0.25) is 0 Å². The topological polar surface area (TPSA) is 80.6 Å².